The molecule has 2 aromatic carbocycles. The van der Waals surface area contributed by atoms with Crippen LogP contribution in [0.4, 0.5) is 0 Å². The van der Waals surface area contributed by atoms with E-state index in [0.717, 1.165) is 28.4 Å². The summed E-state index contributed by atoms with van der Waals surface area (Å²) in [7, 11) is 3.97. The second-order valence-corrected chi connectivity index (χ2v) is 5.61. The number of pyridine rings is 1. The Morgan fingerprint density at radius 2 is 1.75 bits per heavy atom. The van der Waals surface area contributed by atoms with Crippen molar-refractivity contribution in [1.82, 2.24) is 15.2 Å². The maximum Gasteiger partial charge on any atom is 0.252 e. The third-order valence-corrected chi connectivity index (χ3v) is 3.65. The number of likely N-dealkylation sites (N-methyl/N-ethyl adjacent to an activating group) is 1. The fourth-order valence-corrected chi connectivity index (χ4v) is 2.49. The summed E-state index contributed by atoms with van der Waals surface area (Å²) in [5.74, 6) is -0.0514. The van der Waals surface area contributed by atoms with E-state index in [0.29, 0.717) is 12.1 Å². The quantitative estimate of drug-likeness (QED) is 0.719. The van der Waals surface area contributed by atoms with Gasteiger partial charge in [0.15, 0.2) is 0 Å². The molecule has 1 amide bonds. The van der Waals surface area contributed by atoms with Gasteiger partial charge in [0.25, 0.3) is 5.91 Å². The van der Waals surface area contributed by atoms with Gasteiger partial charge in [0.05, 0.1) is 11.0 Å². The van der Waals surface area contributed by atoms with E-state index in [4.69, 9.17) is 0 Å². The molecule has 1 N–H and O–H groups in total. The second-order valence-electron chi connectivity index (χ2n) is 5.61. The molecule has 0 unspecified atom stereocenters. The molecule has 24 heavy (non-hydrogen) atoms. The number of halogens is 2. The molecule has 3 aromatic rings. The van der Waals surface area contributed by atoms with Gasteiger partial charge in [-0.25, -0.2) is 4.98 Å². The highest BCUT2D eigenvalue weighted by molar-refractivity contribution is 6.08. The molecule has 0 saturated carbocycles. The van der Waals surface area contributed by atoms with Crippen molar-refractivity contribution in [2.45, 2.75) is 0 Å². The molecule has 0 fully saturated rings. The van der Waals surface area contributed by atoms with E-state index in [-0.39, 0.29) is 30.7 Å². The van der Waals surface area contributed by atoms with E-state index < -0.39 is 0 Å². The van der Waals surface area contributed by atoms with Crippen LogP contribution in [0.25, 0.3) is 21.8 Å². The predicted molar refractivity (Wildman–Crippen MR) is 105 cm³/mol. The third kappa shape index (κ3) is 4.35. The first-order valence-electron chi connectivity index (χ1n) is 7.36. The normalized spacial score (nSPS) is 10.3. The first-order valence-corrected chi connectivity index (χ1v) is 7.36. The van der Waals surface area contributed by atoms with E-state index in [1.165, 1.54) is 0 Å². The van der Waals surface area contributed by atoms with Crippen molar-refractivity contribution in [1.29, 1.82) is 0 Å². The predicted octanol–water partition coefficient (Wildman–Crippen LogP) is 3.52. The summed E-state index contributed by atoms with van der Waals surface area (Å²) >= 11 is 0. The average molecular weight is 366 g/mol. The minimum absolute atomic E-state index is 0. The van der Waals surface area contributed by atoms with Crippen LogP contribution in [0.1, 0.15) is 10.4 Å². The van der Waals surface area contributed by atoms with Gasteiger partial charge in [0.1, 0.15) is 0 Å². The lowest BCUT2D eigenvalue weighted by Crippen LogP contribution is -2.31. The monoisotopic (exact) mass is 365 g/mol. The Kier molecular flexibility index (Phi) is 7.42. The molecular weight excluding hydrogens is 345 g/mol. The summed E-state index contributed by atoms with van der Waals surface area (Å²) in [6.07, 6.45) is 0. The molecule has 3 rings (SSSR count). The number of aromatic nitrogens is 1. The van der Waals surface area contributed by atoms with Crippen LogP contribution in [0.5, 0.6) is 0 Å². The smallest absolute Gasteiger partial charge is 0.252 e. The van der Waals surface area contributed by atoms with E-state index in [1.807, 2.05) is 67.5 Å². The van der Waals surface area contributed by atoms with Crippen molar-refractivity contribution in [2.24, 2.45) is 0 Å². The van der Waals surface area contributed by atoms with E-state index in [2.05, 4.69) is 10.3 Å². The van der Waals surface area contributed by atoms with Crippen LogP contribution in [0, 0.1) is 0 Å². The minimum Gasteiger partial charge on any atom is -0.351 e. The van der Waals surface area contributed by atoms with Crippen molar-refractivity contribution >= 4 is 52.5 Å². The van der Waals surface area contributed by atoms with Crippen LogP contribution in [-0.2, 0) is 0 Å². The van der Waals surface area contributed by atoms with Crippen molar-refractivity contribution < 1.29 is 4.79 Å². The van der Waals surface area contributed by atoms with Gasteiger partial charge in [-0.1, -0.05) is 24.3 Å². The number of nitrogens with zero attached hydrogens (tertiary/aromatic N) is 2. The lowest BCUT2D eigenvalue weighted by Gasteiger charge is -2.11. The molecule has 0 atom stereocenters. The largest absolute Gasteiger partial charge is 0.351 e. The van der Waals surface area contributed by atoms with Crippen molar-refractivity contribution in [3.63, 3.8) is 0 Å². The zero-order valence-corrected chi connectivity index (χ0v) is 15.3. The Morgan fingerprint density at radius 3 is 2.50 bits per heavy atom. The van der Waals surface area contributed by atoms with Gasteiger partial charge in [0.2, 0.25) is 0 Å². The highest BCUT2D eigenvalue weighted by Crippen LogP contribution is 2.22. The molecule has 128 valence electrons. The van der Waals surface area contributed by atoms with Crippen LogP contribution in [0.15, 0.2) is 48.5 Å². The average Bonchev–Trinajstić information content (AvgIpc) is 2.51. The molecule has 0 aliphatic carbocycles. The van der Waals surface area contributed by atoms with Crippen molar-refractivity contribution in [3.05, 3.63) is 54.1 Å². The third-order valence-electron chi connectivity index (χ3n) is 3.65. The number of rotatable bonds is 4. The Labute approximate surface area is 154 Å². The van der Waals surface area contributed by atoms with Gasteiger partial charge in [-0.3, -0.25) is 4.79 Å². The van der Waals surface area contributed by atoms with Crippen molar-refractivity contribution in [2.75, 3.05) is 27.2 Å². The van der Waals surface area contributed by atoms with Gasteiger partial charge in [-0.15, -0.1) is 24.8 Å². The number of benzene rings is 2. The molecule has 0 aliphatic heterocycles. The summed E-state index contributed by atoms with van der Waals surface area (Å²) in [5.41, 5.74) is 2.47. The van der Waals surface area contributed by atoms with Crippen LogP contribution in [0.3, 0.4) is 0 Å². The summed E-state index contributed by atoms with van der Waals surface area (Å²) < 4.78 is 0. The summed E-state index contributed by atoms with van der Waals surface area (Å²) in [6, 6.07) is 15.7. The van der Waals surface area contributed by atoms with Gasteiger partial charge < -0.3 is 10.2 Å². The lowest BCUT2D eigenvalue weighted by atomic mass is 10.1. The molecule has 0 saturated heterocycles. The van der Waals surface area contributed by atoms with Gasteiger partial charge in [0, 0.05) is 29.4 Å². The minimum atomic E-state index is -0.0514. The second kappa shape index (κ2) is 8.83. The van der Waals surface area contributed by atoms with E-state index in [9.17, 15) is 4.79 Å². The molecular formula is C18H21Cl2N3O. The summed E-state index contributed by atoms with van der Waals surface area (Å²) in [4.78, 5) is 19.1. The van der Waals surface area contributed by atoms with Crippen LogP contribution in [-0.4, -0.2) is 43.0 Å². The summed E-state index contributed by atoms with van der Waals surface area (Å²) in [5, 5.41) is 4.90. The molecule has 0 bridgehead atoms. The number of amides is 1. The van der Waals surface area contributed by atoms with E-state index in [1.54, 1.807) is 0 Å². The van der Waals surface area contributed by atoms with Crippen LogP contribution < -0.4 is 5.32 Å². The number of nitrogens with one attached hydrogen (secondary N) is 1. The Hall–Kier alpha value is -1.88. The molecule has 1 heterocycles. The zero-order valence-electron chi connectivity index (χ0n) is 13.7. The first-order chi connectivity index (χ1) is 10.6. The number of para-hydroxylation sites is 1. The Morgan fingerprint density at radius 1 is 1.04 bits per heavy atom. The van der Waals surface area contributed by atoms with Crippen LogP contribution >= 0.6 is 24.8 Å². The molecule has 6 heteroatoms. The maximum absolute atomic E-state index is 12.4. The van der Waals surface area contributed by atoms with Crippen LogP contribution in [0.2, 0.25) is 0 Å². The van der Waals surface area contributed by atoms with Gasteiger partial charge in [-0.05, 0) is 38.4 Å². The Balaban J connectivity index is 0.00000144. The SMILES string of the molecule is CN(C)CCNC(=O)c1cccc2nc3ccccc3cc12.Cl.Cl. The number of fused-ring (bicyclic) bond motifs is 2. The highest BCUT2D eigenvalue weighted by Gasteiger charge is 2.11. The molecule has 0 aliphatic rings. The number of carbonyl (C=O) groups excluding carboxylic acids is 1. The standard InChI is InChI=1S/C18H19N3O.2ClH/c1-21(2)11-10-19-18(22)14-7-5-9-17-15(14)12-13-6-3-4-8-16(13)20-17;;/h3-9,12H,10-11H2,1-2H3,(H,19,22);2*1H. The maximum atomic E-state index is 12.4. The Bertz CT molecular complexity index is 837. The first kappa shape index (κ1) is 20.2. The summed E-state index contributed by atoms with van der Waals surface area (Å²) in [6.45, 7) is 1.45. The topological polar surface area (TPSA) is 45.2 Å². The lowest BCUT2D eigenvalue weighted by molar-refractivity contribution is 0.0952. The molecule has 1 aromatic heterocycles. The molecule has 4 nitrogen and oxygen atoms in total. The van der Waals surface area contributed by atoms with Crippen molar-refractivity contribution in [3.8, 4) is 0 Å². The fourth-order valence-electron chi connectivity index (χ4n) is 2.49. The number of carbonyl (C=O) groups is 1. The number of hydrogen-bond donors (Lipinski definition) is 1. The molecule has 0 radical (unpaired) electrons. The molecule has 0 spiro atoms. The number of hydrogen-bond acceptors (Lipinski definition) is 3. The zero-order chi connectivity index (χ0) is 15.5. The van der Waals surface area contributed by atoms with Gasteiger partial charge >= 0.3 is 0 Å². The van der Waals surface area contributed by atoms with E-state index >= 15 is 0 Å². The van der Waals surface area contributed by atoms with Gasteiger partial charge in [-0.2, -0.15) is 0 Å². The highest BCUT2D eigenvalue weighted by atomic mass is 35.5. The fraction of sp³-hybridized carbons (Fsp3) is 0.222.